The minimum absolute atomic E-state index is 0.0195. The molecular formula is C17H18ClNO4. The van der Waals surface area contributed by atoms with E-state index in [1.807, 2.05) is 0 Å². The summed E-state index contributed by atoms with van der Waals surface area (Å²) in [5.74, 6) is -0.159. The second-order valence-electron chi connectivity index (χ2n) is 5.87. The Hall–Kier alpha value is -2.11. The van der Waals surface area contributed by atoms with E-state index in [-0.39, 0.29) is 39.9 Å². The molecule has 122 valence electrons. The SMILES string of the molecule is Oc1ccc([C@H]2CNC[C@@H]2Cc2c(O)ccc(Cl)c2O)cc1O. The van der Waals surface area contributed by atoms with E-state index in [0.717, 1.165) is 18.7 Å². The van der Waals surface area contributed by atoms with Crippen molar-refractivity contribution in [2.45, 2.75) is 12.3 Å². The first-order chi connectivity index (χ1) is 11.0. The molecule has 1 fully saturated rings. The number of hydrogen-bond acceptors (Lipinski definition) is 5. The van der Waals surface area contributed by atoms with Gasteiger partial charge in [-0.15, -0.1) is 0 Å². The van der Waals surface area contributed by atoms with Gasteiger partial charge in [-0.25, -0.2) is 0 Å². The fourth-order valence-electron chi connectivity index (χ4n) is 3.17. The average molecular weight is 336 g/mol. The topological polar surface area (TPSA) is 93.0 Å². The number of aromatic hydroxyl groups is 4. The number of phenolic OH excluding ortho intramolecular Hbond substituents is 4. The van der Waals surface area contributed by atoms with E-state index in [9.17, 15) is 20.4 Å². The van der Waals surface area contributed by atoms with Gasteiger partial charge in [-0.05, 0) is 48.7 Å². The Kier molecular flexibility index (Phi) is 4.24. The van der Waals surface area contributed by atoms with Crippen molar-refractivity contribution in [2.24, 2.45) is 5.92 Å². The molecule has 1 aliphatic rings. The molecule has 0 saturated carbocycles. The lowest BCUT2D eigenvalue weighted by molar-refractivity contribution is 0.400. The van der Waals surface area contributed by atoms with Crippen LogP contribution in [0, 0.1) is 5.92 Å². The van der Waals surface area contributed by atoms with Crippen LogP contribution in [0.2, 0.25) is 5.02 Å². The minimum atomic E-state index is -0.151. The van der Waals surface area contributed by atoms with E-state index in [0.29, 0.717) is 12.0 Å². The molecule has 6 heteroatoms. The summed E-state index contributed by atoms with van der Waals surface area (Å²) >= 11 is 5.93. The maximum Gasteiger partial charge on any atom is 0.157 e. The highest BCUT2D eigenvalue weighted by atomic mass is 35.5. The molecule has 1 heterocycles. The lowest BCUT2D eigenvalue weighted by Gasteiger charge is -2.20. The Morgan fingerprint density at radius 2 is 1.70 bits per heavy atom. The highest BCUT2D eigenvalue weighted by Gasteiger charge is 2.30. The molecule has 2 aromatic carbocycles. The van der Waals surface area contributed by atoms with Crippen LogP contribution in [0.1, 0.15) is 17.0 Å². The maximum absolute atomic E-state index is 10.1. The fraction of sp³-hybridized carbons (Fsp3) is 0.294. The van der Waals surface area contributed by atoms with Crippen LogP contribution in [0.4, 0.5) is 0 Å². The number of benzene rings is 2. The van der Waals surface area contributed by atoms with Gasteiger partial charge in [0, 0.05) is 18.0 Å². The van der Waals surface area contributed by atoms with E-state index in [1.54, 1.807) is 12.1 Å². The summed E-state index contributed by atoms with van der Waals surface area (Å²) in [6.45, 7) is 1.44. The summed E-state index contributed by atoms with van der Waals surface area (Å²) in [7, 11) is 0. The standard InChI is InChI=1S/C17H18ClNO4/c18-13-2-4-14(20)11(17(13)23)5-10-7-19-8-12(10)9-1-3-15(21)16(22)6-9/h1-4,6,10,12,19-23H,5,7-8H2/t10-,12+/m0/s1. The smallest absolute Gasteiger partial charge is 0.157 e. The second kappa shape index (κ2) is 6.18. The van der Waals surface area contributed by atoms with Crippen LogP contribution in [0.15, 0.2) is 30.3 Å². The molecule has 2 aromatic rings. The number of nitrogens with one attached hydrogen (secondary N) is 1. The molecule has 0 spiro atoms. The van der Waals surface area contributed by atoms with Crippen molar-refractivity contribution in [3.05, 3.63) is 46.5 Å². The third-order valence-corrected chi connectivity index (χ3v) is 4.75. The molecule has 2 atom stereocenters. The van der Waals surface area contributed by atoms with Gasteiger partial charge in [-0.3, -0.25) is 0 Å². The normalized spacial score (nSPS) is 20.7. The van der Waals surface area contributed by atoms with E-state index in [4.69, 9.17) is 11.6 Å². The summed E-state index contributed by atoms with van der Waals surface area (Å²) < 4.78 is 0. The van der Waals surface area contributed by atoms with Crippen molar-refractivity contribution < 1.29 is 20.4 Å². The highest BCUT2D eigenvalue weighted by molar-refractivity contribution is 6.32. The third kappa shape index (κ3) is 3.02. The van der Waals surface area contributed by atoms with Crippen LogP contribution in [-0.4, -0.2) is 33.5 Å². The zero-order valence-corrected chi connectivity index (χ0v) is 13.1. The summed E-state index contributed by atoms with van der Waals surface area (Å²) in [5.41, 5.74) is 1.33. The molecule has 0 amide bonds. The largest absolute Gasteiger partial charge is 0.508 e. The van der Waals surface area contributed by atoms with Crippen molar-refractivity contribution in [2.75, 3.05) is 13.1 Å². The van der Waals surface area contributed by atoms with Gasteiger partial charge in [0.05, 0.1) is 5.02 Å². The first-order valence-electron chi connectivity index (χ1n) is 7.39. The molecule has 3 rings (SSSR count). The van der Waals surface area contributed by atoms with E-state index < -0.39 is 0 Å². The average Bonchev–Trinajstić information content (AvgIpc) is 2.98. The summed E-state index contributed by atoms with van der Waals surface area (Å²) in [6.07, 6.45) is 0.456. The Labute approximate surface area is 138 Å². The molecule has 0 bridgehead atoms. The van der Waals surface area contributed by atoms with Crippen LogP contribution >= 0.6 is 11.6 Å². The quantitative estimate of drug-likeness (QED) is 0.556. The maximum atomic E-state index is 10.1. The fourth-order valence-corrected chi connectivity index (χ4v) is 3.35. The number of hydrogen-bond donors (Lipinski definition) is 5. The van der Waals surface area contributed by atoms with Crippen molar-refractivity contribution in [1.29, 1.82) is 0 Å². The van der Waals surface area contributed by atoms with Crippen molar-refractivity contribution in [3.63, 3.8) is 0 Å². The predicted molar refractivity (Wildman–Crippen MR) is 87.4 cm³/mol. The molecule has 0 aliphatic carbocycles. The van der Waals surface area contributed by atoms with Gasteiger partial charge >= 0.3 is 0 Å². The van der Waals surface area contributed by atoms with Crippen molar-refractivity contribution in [3.8, 4) is 23.0 Å². The van der Waals surface area contributed by atoms with Gasteiger partial charge in [0.2, 0.25) is 0 Å². The summed E-state index contributed by atoms with van der Waals surface area (Å²) in [5, 5.41) is 42.7. The predicted octanol–water partition coefficient (Wildman–Crippen LogP) is 2.71. The molecule has 1 saturated heterocycles. The monoisotopic (exact) mass is 335 g/mol. The van der Waals surface area contributed by atoms with Gasteiger partial charge in [0.25, 0.3) is 0 Å². The number of rotatable bonds is 3. The van der Waals surface area contributed by atoms with Gasteiger partial charge in [-0.1, -0.05) is 17.7 Å². The van der Waals surface area contributed by atoms with Crippen LogP contribution < -0.4 is 5.32 Å². The van der Waals surface area contributed by atoms with Crippen molar-refractivity contribution >= 4 is 11.6 Å². The Bertz CT molecular complexity index is 735. The molecule has 5 N–H and O–H groups in total. The van der Waals surface area contributed by atoms with Crippen LogP contribution in [-0.2, 0) is 6.42 Å². The highest BCUT2D eigenvalue weighted by Crippen LogP contribution is 2.40. The summed E-state index contributed by atoms with van der Waals surface area (Å²) in [6, 6.07) is 7.72. The first kappa shape index (κ1) is 15.8. The lowest BCUT2D eigenvalue weighted by atomic mass is 9.84. The molecule has 5 nitrogen and oxygen atoms in total. The molecule has 0 aromatic heterocycles. The first-order valence-corrected chi connectivity index (χ1v) is 7.77. The number of phenols is 4. The van der Waals surface area contributed by atoms with Crippen LogP contribution in [0.25, 0.3) is 0 Å². The number of halogens is 1. The molecular weight excluding hydrogens is 318 g/mol. The minimum Gasteiger partial charge on any atom is -0.508 e. The molecule has 23 heavy (non-hydrogen) atoms. The van der Waals surface area contributed by atoms with Crippen LogP contribution in [0.5, 0.6) is 23.0 Å². The van der Waals surface area contributed by atoms with Gasteiger partial charge in [0.15, 0.2) is 11.5 Å². The molecule has 0 radical (unpaired) electrons. The molecule has 1 aliphatic heterocycles. The summed E-state index contributed by atoms with van der Waals surface area (Å²) in [4.78, 5) is 0. The van der Waals surface area contributed by atoms with Crippen LogP contribution in [0.3, 0.4) is 0 Å². The zero-order chi connectivity index (χ0) is 16.6. The van der Waals surface area contributed by atoms with Gasteiger partial charge in [0.1, 0.15) is 11.5 Å². The Balaban J connectivity index is 1.88. The van der Waals surface area contributed by atoms with E-state index in [2.05, 4.69) is 5.32 Å². The van der Waals surface area contributed by atoms with E-state index in [1.165, 1.54) is 18.2 Å². The van der Waals surface area contributed by atoms with E-state index >= 15 is 0 Å². The zero-order valence-electron chi connectivity index (χ0n) is 12.3. The second-order valence-corrected chi connectivity index (χ2v) is 6.28. The molecule has 0 unspecified atom stereocenters. The van der Waals surface area contributed by atoms with Gasteiger partial charge in [-0.2, -0.15) is 0 Å². The Morgan fingerprint density at radius 3 is 2.43 bits per heavy atom. The lowest BCUT2D eigenvalue weighted by Crippen LogP contribution is -2.14. The van der Waals surface area contributed by atoms with Gasteiger partial charge < -0.3 is 25.7 Å². The third-order valence-electron chi connectivity index (χ3n) is 4.44. The Morgan fingerprint density at radius 1 is 0.957 bits per heavy atom. The van der Waals surface area contributed by atoms with Crippen molar-refractivity contribution in [1.82, 2.24) is 5.32 Å².